The first-order valence-electron chi connectivity index (χ1n) is 4.82. The van der Waals surface area contributed by atoms with Crippen molar-refractivity contribution in [2.75, 3.05) is 0 Å². The number of aldehydes is 1. The zero-order valence-electron chi connectivity index (χ0n) is 7.84. The molecule has 2 saturated carbocycles. The molecule has 0 amide bonds. The second-order valence-corrected chi connectivity index (χ2v) is 4.69. The van der Waals surface area contributed by atoms with E-state index in [0.29, 0.717) is 5.41 Å². The molecular formula is C11H16O. The van der Waals surface area contributed by atoms with Gasteiger partial charge < -0.3 is 0 Å². The smallest absolute Gasteiger partial charge is 0.142 e. The van der Waals surface area contributed by atoms with E-state index in [2.05, 4.69) is 13.8 Å². The molecule has 0 N–H and O–H groups in total. The molecule has 1 heteroatoms. The van der Waals surface area contributed by atoms with Crippen LogP contribution in [0.5, 0.6) is 0 Å². The zero-order chi connectivity index (χ0) is 8.77. The van der Waals surface area contributed by atoms with E-state index >= 15 is 0 Å². The van der Waals surface area contributed by atoms with Gasteiger partial charge >= 0.3 is 0 Å². The van der Waals surface area contributed by atoms with E-state index < -0.39 is 0 Å². The molecule has 2 rings (SSSR count). The summed E-state index contributed by atoms with van der Waals surface area (Å²) in [6.45, 7) is 4.57. The lowest BCUT2D eigenvalue weighted by Gasteiger charge is -2.32. The van der Waals surface area contributed by atoms with Gasteiger partial charge in [0, 0.05) is 0 Å². The highest BCUT2D eigenvalue weighted by Crippen LogP contribution is 2.58. The highest BCUT2D eigenvalue weighted by molar-refractivity contribution is 5.67. The maximum absolute atomic E-state index is 10.4. The Kier molecular flexibility index (Phi) is 1.64. The molecule has 0 radical (unpaired) electrons. The minimum atomic E-state index is 0.309. The number of carbonyl (C=O) groups excluding carboxylic acids is 1. The van der Waals surface area contributed by atoms with Crippen LogP contribution >= 0.6 is 0 Å². The van der Waals surface area contributed by atoms with Crippen molar-refractivity contribution in [3.63, 3.8) is 0 Å². The van der Waals surface area contributed by atoms with E-state index in [1.54, 1.807) is 0 Å². The fraction of sp³-hybridized carbons (Fsp3) is 0.727. The van der Waals surface area contributed by atoms with Gasteiger partial charge in [-0.1, -0.05) is 19.4 Å². The predicted molar refractivity (Wildman–Crippen MR) is 48.8 cm³/mol. The molecule has 66 valence electrons. The fourth-order valence-corrected chi connectivity index (χ4v) is 3.11. The van der Waals surface area contributed by atoms with Gasteiger partial charge in [-0.15, -0.1) is 0 Å². The Hall–Kier alpha value is -0.590. The molecule has 0 heterocycles. The third-order valence-electron chi connectivity index (χ3n) is 3.88. The van der Waals surface area contributed by atoms with Gasteiger partial charge in [-0.2, -0.15) is 0 Å². The van der Waals surface area contributed by atoms with Crippen LogP contribution in [0.1, 0.15) is 33.1 Å². The summed E-state index contributed by atoms with van der Waals surface area (Å²) in [5, 5.41) is 0. The van der Waals surface area contributed by atoms with Gasteiger partial charge in [0.15, 0.2) is 0 Å². The van der Waals surface area contributed by atoms with Crippen molar-refractivity contribution in [1.82, 2.24) is 0 Å². The average molecular weight is 164 g/mol. The minimum Gasteiger partial charge on any atom is -0.299 e. The van der Waals surface area contributed by atoms with Gasteiger partial charge in [0.05, 0.1) is 0 Å². The summed E-state index contributed by atoms with van der Waals surface area (Å²) >= 11 is 0. The first-order chi connectivity index (χ1) is 5.66. The number of hydrogen-bond donors (Lipinski definition) is 0. The van der Waals surface area contributed by atoms with Crippen molar-refractivity contribution in [3.05, 3.63) is 11.6 Å². The van der Waals surface area contributed by atoms with E-state index in [0.717, 1.165) is 18.1 Å². The third-order valence-corrected chi connectivity index (χ3v) is 3.88. The van der Waals surface area contributed by atoms with E-state index in [-0.39, 0.29) is 0 Å². The third kappa shape index (κ3) is 0.886. The molecule has 0 aliphatic heterocycles. The van der Waals surface area contributed by atoms with Crippen LogP contribution in [0.3, 0.4) is 0 Å². The molecule has 12 heavy (non-hydrogen) atoms. The first kappa shape index (κ1) is 8.03. The molecule has 1 nitrogen and oxygen atoms in total. The Morgan fingerprint density at radius 1 is 1.42 bits per heavy atom. The summed E-state index contributed by atoms with van der Waals surface area (Å²) in [6.07, 6.45) is 6.77. The summed E-state index contributed by atoms with van der Waals surface area (Å²) < 4.78 is 0. The van der Waals surface area contributed by atoms with Gasteiger partial charge in [0.25, 0.3) is 0 Å². The molecule has 0 aromatic heterocycles. The van der Waals surface area contributed by atoms with Crippen molar-refractivity contribution in [2.45, 2.75) is 33.1 Å². The van der Waals surface area contributed by atoms with Gasteiger partial charge in [-0.3, -0.25) is 4.79 Å². The molecule has 0 spiro atoms. The van der Waals surface area contributed by atoms with Crippen LogP contribution < -0.4 is 0 Å². The van der Waals surface area contributed by atoms with Crippen LogP contribution in [0.25, 0.3) is 0 Å². The Labute approximate surface area is 73.8 Å². The quantitative estimate of drug-likeness (QED) is 0.430. The summed E-state index contributed by atoms with van der Waals surface area (Å²) in [4.78, 5) is 10.4. The lowest BCUT2D eigenvalue weighted by Crippen LogP contribution is -2.22. The monoisotopic (exact) mass is 164 g/mol. The maximum Gasteiger partial charge on any atom is 0.142 e. The number of rotatable bonds is 1. The van der Waals surface area contributed by atoms with Crippen LogP contribution in [0.15, 0.2) is 11.6 Å². The molecule has 2 bridgehead atoms. The van der Waals surface area contributed by atoms with Crippen molar-refractivity contribution >= 4 is 6.29 Å². The van der Waals surface area contributed by atoms with Crippen LogP contribution in [0, 0.1) is 17.3 Å². The normalized spacial score (nSPS) is 40.7. The molecule has 0 aromatic rings. The predicted octanol–water partition coefficient (Wildman–Crippen LogP) is 2.57. The second kappa shape index (κ2) is 2.45. The number of fused-ring (bicyclic) bond motifs is 2. The summed E-state index contributed by atoms with van der Waals surface area (Å²) in [5.74, 6) is 1.57. The topological polar surface area (TPSA) is 17.1 Å². The van der Waals surface area contributed by atoms with Crippen molar-refractivity contribution in [2.24, 2.45) is 17.3 Å². The summed E-state index contributed by atoms with van der Waals surface area (Å²) in [5.41, 5.74) is 1.72. The van der Waals surface area contributed by atoms with Crippen molar-refractivity contribution in [1.29, 1.82) is 0 Å². The summed E-state index contributed by atoms with van der Waals surface area (Å²) in [6, 6.07) is 0. The molecule has 2 aliphatic carbocycles. The lowest BCUT2D eigenvalue weighted by atomic mass is 9.73. The molecule has 2 aliphatic rings. The second-order valence-electron chi connectivity index (χ2n) is 4.69. The molecule has 0 saturated heterocycles. The molecule has 2 fully saturated rings. The average Bonchev–Trinajstić information content (AvgIpc) is 2.53. The van der Waals surface area contributed by atoms with Crippen LogP contribution in [0.4, 0.5) is 0 Å². The molecular weight excluding hydrogens is 148 g/mol. The highest BCUT2D eigenvalue weighted by Gasteiger charge is 2.48. The molecule has 2 unspecified atom stereocenters. The van der Waals surface area contributed by atoms with Gasteiger partial charge in [0.2, 0.25) is 0 Å². The van der Waals surface area contributed by atoms with Crippen LogP contribution in [-0.2, 0) is 4.79 Å². The van der Waals surface area contributed by atoms with E-state index in [9.17, 15) is 4.79 Å². The minimum absolute atomic E-state index is 0.309. The molecule has 0 aromatic carbocycles. The SMILES string of the molecule is CC1(C)/C(=C/C=O)C2CCC1C2. The standard InChI is InChI=1S/C11H16O/c1-11(2)9-4-3-8(7-9)10(11)5-6-12/h5-6,8-9H,3-4,7H2,1-2H3/b10-5+. The van der Waals surface area contributed by atoms with Crippen molar-refractivity contribution < 1.29 is 4.79 Å². The van der Waals surface area contributed by atoms with Gasteiger partial charge in [-0.25, -0.2) is 0 Å². The van der Waals surface area contributed by atoms with Crippen molar-refractivity contribution in [3.8, 4) is 0 Å². The van der Waals surface area contributed by atoms with E-state index in [1.165, 1.54) is 24.8 Å². The zero-order valence-corrected chi connectivity index (χ0v) is 7.84. The van der Waals surface area contributed by atoms with Gasteiger partial charge in [0.1, 0.15) is 6.29 Å². The first-order valence-corrected chi connectivity index (χ1v) is 4.82. The number of carbonyl (C=O) groups is 1. The van der Waals surface area contributed by atoms with E-state index in [1.807, 2.05) is 6.08 Å². The Balaban J connectivity index is 2.35. The molecule has 2 atom stereocenters. The van der Waals surface area contributed by atoms with Crippen LogP contribution in [0.2, 0.25) is 0 Å². The summed E-state index contributed by atoms with van der Waals surface area (Å²) in [7, 11) is 0. The fourth-order valence-electron chi connectivity index (χ4n) is 3.11. The Morgan fingerprint density at radius 2 is 2.17 bits per heavy atom. The number of hydrogen-bond acceptors (Lipinski definition) is 1. The van der Waals surface area contributed by atoms with Gasteiger partial charge in [-0.05, 0) is 42.6 Å². The highest BCUT2D eigenvalue weighted by atomic mass is 16.1. The Bertz CT molecular complexity index is 237. The van der Waals surface area contributed by atoms with Crippen LogP contribution in [-0.4, -0.2) is 6.29 Å². The maximum atomic E-state index is 10.4. The lowest BCUT2D eigenvalue weighted by molar-refractivity contribution is -0.104. The largest absolute Gasteiger partial charge is 0.299 e. The van der Waals surface area contributed by atoms with E-state index in [4.69, 9.17) is 0 Å². The Morgan fingerprint density at radius 3 is 2.67 bits per heavy atom. The number of allylic oxidation sites excluding steroid dienone is 2.